The number of anilines is 1. The van der Waals surface area contributed by atoms with Gasteiger partial charge >= 0.3 is 0 Å². The summed E-state index contributed by atoms with van der Waals surface area (Å²) in [7, 11) is 0. The molecule has 0 amide bonds. The number of ether oxygens (including phenoxy) is 1. The molecule has 1 saturated heterocycles. The Morgan fingerprint density at radius 2 is 1.96 bits per heavy atom. The molecule has 23 heavy (non-hydrogen) atoms. The fraction of sp³-hybridized carbons (Fsp3) is 0.353. The Bertz CT molecular complexity index is 721. The van der Waals surface area contributed by atoms with E-state index in [9.17, 15) is 13.2 Å². The number of halogens is 3. The van der Waals surface area contributed by atoms with Crippen LogP contribution in [-0.4, -0.2) is 24.0 Å². The first-order valence-electron chi connectivity index (χ1n) is 7.38. The summed E-state index contributed by atoms with van der Waals surface area (Å²) in [6.07, 6.45) is 1.50. The molecule has 0 spiro atoms. The molecule has 3 rings (SSSR count). The third kappa shape index (κ3) is 3.25. The number of aryl methyl sites for hydroxylation is 1. The average molecular weight is 322 g/mol. The smallest absolute Gasteiger partial charge is 0.269 e. The highest BCUT2D eigenvalue weighted by atomic mass is 19.3. The van der Waals surface area contributed by atoms with Gasteiger partial charge in [-0.25, -0.2) is 18.2 Å². The summed E-state index contributed by atoms with van der Waals surface area (Å²) in [6, 6.07) is 7.77. The van der Waals surface area contributed by atoms with E-state index in [-0.39, 0.29) is 18.9 Å². The first kappa shape index (κ1) is 15.6. The Morgan fingerprint density at radius 1 is 1.22 bits per heavy atom. The van der Waals surface area contributed by atoms with Crippen LogP contribution in [0.2, 0.25) is 0 Å². The third-order valence-electron chi connectivity index (χ3n) is 4.04. The minimum atomic E-state index is -2.72. The second kappa shape index (κ2) is 5.76. The average Bonchev–Trinajstić information content (AvgIpc) is 2.77. The van der Waals surface area contributed by atoms with Crippen LogP contribution in [0.3, 0.4) is 0 Å². The van der Waals surface area contributed by atoms with Crippen molar-refractivity contribution in [1.82, 2.24) is 4.98 Å². The summed E-state index contributed by atoms with van der Waals surface area (Å²) in [5, 5.41) is 0. The maximum Gasteiger partial charge on any atom is 0.269 e. The highest BCUT2D eigenvalue weighted by Gasteiger charge is 2.45. The van der Waals surface area contributed by atoms with E-state index in [4.69, 9.17) is 4.74 Å². The topological polar surface area (TPSA) is 25.4 Å². The van der Waals surface area contributed by atoms with Gasteiger partial charge in [0.15, 0.2) is 0 Å². The number of hydrogen-bond acceptors (Lipinski definition) is 3. The largest absolute Gasteiger partial charge is 0.457 e. The van der Waals surface area contributed by atoms with E-state index in [1.54, 1.807) is 31.2 Å². The zero-order valence-corrected chi connectivity index (χ0v) is 12.9. The van der Waals surface area contributed by atoms with Crippen molar-refractivity contribution >= 4 is 5.82 Å². The molecule has 6 heteroatoms. The van der Waals surface area contributed by atoms with Gasteiger partial charge in [0, 0.05) is 30.8 Å². The Kier molecular flexibility index (Phi) is 3.92. The van der Waals surface area contributed by atoms with Crippen molar-refractivity contribution in [2.45, 2.75) is 19.8 Å². The highest BCUT2D eigenvalue weighted by Crippen LogP contribution is 2.35. The number of nitrogens with zero attached hydrogens (tertiary/aromatic N) is 2. The number of hydrogen-bond donors (Lipinski definition) is 0. The summed E-state index contributed by atoms with van der Waals surface area (Å²) >= 11 is 0. The van der Waals surface area contributed by atoms with E-state index >= 15 is 0 Å². The zero-order chi connectivity index (χ0) is 16.6. The fourth-order valence-corrected chi connectivity index (χ4v) is 2.52. The van der Waals surface area contributed by atoms with Crippen molar-refractivity contribution in [3.63, 3.8) is 0 Å². The van der Waals surface area contributed by atoms with Crippen molar-refractivity contribution in [3.8, 4) is 11.5 Å². The Balaban J connectivity index is 1.79. The lowest BCUT2D eigenvalue weighted by Gasteiger charge is -2.17. The van der Waals surface area contributed by atoms with Crippen LogP contribution in [0, 0.1) is 18.7 Å². The molecule has 2 heterocycles. The van der Waals surface area contributed by atoms with Crippen LogP contribution < -0.4 is 9.64 Å². The molecule has 1 aliphatic heterocycles. The SMILES string of the molecule is Cc1ccc(Oc2ccnc(N3CC(C)C(F)(F)C3)c2)cc1F. The van der Waals surface area contributed by atoms with Crippen LogP contribution in [0.15, 0.2) is 36.5 Å². The Morgan fingerprint density at radius 3 is 2.61 bits per heavy atom. The monoisotopic (exact) mass is 322 g/mol. The van der Waals surface area contributed by atoms with Gasteiger partial charge in [-0.1, -0.05) is 13.0 Å². The molecule has 0 aliphatic carbocycles. The molecule has 1 fully saturated rings. The van der Waals surface area contributed by atoms with Crippen LogP contribution in [0.1, 0.15) is 12.5 Å². The van der Waals surface area contributed by atoms with Crippen molar-refractivity contribution in [3.05, 3.63) is 47.9 Å². The molecule has 1 aliphatic rings. The van der Waals surface area contributed by atoms with Gasteiger partial charge in [0.05, 0.1) is 6.54 Å². The minimum Gasteiger partial charge on any atom is -0.457 e. The number of alkyl halides is 2. The normalized spacial score (nSPS) is 19.9. The summed E-state index contributed by atoms with van der Waals surface area (Å²) in [6.45, 7) is 3.07. The maximum absolute atomic E-state index is 13.7. The fourth-order valence-electron chi connectivity index (χ4n) is 2.52. The van der Waals surface area contributed by atoms with Crippen molar-refractivity contribution < 1.29 is 17.9 Å². The predicted octanol–water partition coefficient (Wildman–Crippen LogP) is 4.41. The van der Waals surface area contributed by atoms with Gasteiger partial charge in [0.1, 0.15) is 23.1 Å². The van der Waals surface area contributed by atoms with Crippen LogP contribution in [0.25, 0.3) is 0 Å². The standard InChI is InChI=1S/C17H17F3N2O/c1-11-3-4-13(7-15(11)18)23-14-5-6-21-16(8-14)22-9-12(2)17(19,20)10-22/h3-8,12H,9-10H2,1-2H3. The molecule has 1 aromatic heterocycles. The summed E-state index contributed by atoms with van der Waals surface area (Å²) < 4.78 is 46.5. The summed E-state index contributed by atoms with van der Waals surface area (Å²) in [5.74, 6) is -2.59. The van der Waals surface area contributed by atoms with Crippen LogP contribution in [0.4, 0.5) is 19.0 Å². The molecular formula is C17H17F3N2O. The van der Waals surface area contributed by atoms with Gasteiger partial charge in [-0.05, 0) is 24.6 Å². The molecule has 0 saturated carbocycles. The van der Waals surface area contributed by atoms with Crippen molar-refractivity contribution in [2.75, 3.05) is 18.0 Å². The lowest BCUT2D eigenvalue weighted by Crippen LogP contribution is -2.26. The van der Waals surface area contributed by atoms with Gasteiger partial charge in [0.25, 0.3) is 5.92 Å². The van der Waals surface area contributed by atoms with E-state index in [2.05, 4.69) is 4.98 Å². The van der Waals surface area contributed by atoms with Gasteiger partial charge in [-0.2, -0.15) is 0 Å². The number of pyridine rings is 1. The molecule has 0 N–H and O–H groups in total. The number of aromatic nitrogens is 1. The van der Waals surface area contributed by atoms with Crippen LogP contribution in [-0.2, 0) is 0 Å². The van der Waals surface area contributed by atoms with Gasteiger partial charge < -0.3 is 9.64 Å². The molecule has 1 unspecified atom stereocenters. The molecule has 122 valence electrons. The summed E-state index contributed by atoms with van der Waals surface area (Å²) in [5.41, 5.74) is 0.529. The zero-order valence-electron chi connectivity index (χ0n) is 12.9. The first-order valence-corrected chi connectivity index (χ1v) is 7.38. The van der Waals surface area contributed by atoms with Crippen molar-refractivity contribution in [2.24, 2.45) is 5.92 Å². The lowest BCUT2D eigenvalue weighted by molar-refractivity contribution is -0.0138. The van der Waals surface area contributed by atoms with E-state index < -0.39 is 11.8 Å². The molecule has 2 aromatic rings. The maximum atomic E-state index is 13.7. The first-order chi connectivity index (χ1) is 10.8. The molecule has 0 radical (unpaired) electrons. The quantitative estimate of drug-likeness (QED) is 0.837. The second-order valence-corrected chi connectivity index (χ2v) is 5.91. The van der Waals surface area contributed by atoms with E-state index in [0.29, 0.717) is 22.9 Å². The van der Waals surface area contributed by atoms with E-state index in [0.717, 1.165) is 0 Å². The number of rotatable bonds is 3. The van der Waals surface area contributed by atoms with E-state index in [1.807, 2.05) is 0 Å². The predicted molar refractivity (Wildman–Crippen MR) is 81.8 cm³/mol. The lowest BCUT2D eigenvalue weighted by atomic mass is 10.1. The Labute approximate surface area is 132 Å². The van der Waals surface area contributed by atoms with Gasteiger partial charge in [-0.15, -0.1) is 0 Å². The molecule has 3 nitrogen and oxygen atoms in total. The summed E-state index contributed by atoms with van der Waals surface area (Å²) in [4.78, 5) is 5.67. The minimum absolute atomic E-state index is 0.239. The molecule has 1 atom stereocenters. The number of benzene rings is 1. The van der Waals surface area contributed by atoms with Gasteiger partial charge in [0.2, 0.25) is 0 Å². The van der Waals surface area contributed by atoms with Crippen LogP contribution >= 0.6 is 0 Å². The van der Waals surface area contributed by atoms with Crippen LogP contribution in [0.5, 0.6) is 11.5 Å². The van der Waals surface area contributed by atoms with E-state index in [1.165, 1.54) is 24.1 Å². The van der Waals surface area contributed by atoms with Gasteiger partial charge in [-0.3, -0.25) is 0 Å². The molecule has 1 aromatic carbocycles. The highest BCUT2D eigenvalue weighted by molar-refractivity contribution is 5.46. The third-order valence-corrected chi connectivity index (χ3v) is 4.04. The van der Waals surface area contributed by atoms with Crippen molar-refractivity contribution in [1.29, 1.82) is 0 Å². The second-order valence-electron chi connectivity index (χ2n) is 5.91. The Hall–Kier alpha value is -2.24. The molecule has 0 bridgehead atoms. The molecular weight excluding hydrogens is 305 g/mol.